The quantitative estimate of drug-likeness (QED) is 0.576. The summed E-state index contributed by atoms with van der Waals surface area (Å²) in [7, 11) is 0. The molecule has 1 aliphatic heterocycles. The highest BCUT2D eigenvalue weighted by atomic mass is 32.2. The average molecular weight is 385 g/mol. The lowest BCUT2D eigenvalue weighted by Gasteiger charge is -2.33. The summed E-state index contributed by atoms with van der Waals surface area (Å²) in [4.78, 5) is 29.4. The van der Waals surface area contributed by atoms with E-state index in [-0.39, 0.29) is 11.8 Å². The van der Waals surface area contributed by atoms with Gasteiger partial charge in [-0.15, -0.1) is 11.8 Å². The van der Waals surface area contributed by atoms with Crippen LogP contribution in [0.5, 0.6) is 0 Å². The van der Waals surface area contributed by atoms with Crippen LogP contribution < -0.4 is 4.90 Å². The van der Waals surface area contributed by atoms with Gasteiger partial charge in [0.25, 0.3) is 0 Å². The Bertz CT molecular complexity index is 784. The van der Waals surface area contributed by atoms with Crippen molar-refractivity contribution in [2.24, 2.45) is 0 Å². The summed E-state index contributed by atoms with van der Waals surface area (Å²) in [6.07, 6.45) is 2.03. The molecule has 1 heterocycles. The van der Waals surface area contributed by atoms with E-state index in [9.17, 15) is 9.59 Å². The van der Waals surface area contributed by atoms with Gasteiger partial charge in [0.05, 0.1) is 19.8 Å². The second-order valence-corrected chi connectivity index (χ2v) is 7.30. The van der Waals surface area contributed by atoms with Gasteiger partial charge in [-0.05, 0) is 43.0 Å². The second kappa shape index (κ2) is 9.06. The SMILES string of the molecule is CSc1ccc(N(Cc2ccc(C(C)=O)cc2)C(=O)N2CCOCC2)cc1. The third kappa shape index (κ3) is 4.90. The van der Waals surface area contributed by atoms with Crippen LogP contribution in [-0.2, 0) is 11.3 Å². The molecule has 0 N–H and O–H groups in total. The van der Waals surface area contributed by atoms with Gasteiger partial charge >= 0.3 is 6.03 Å². The van der Waals surface area contributed by atoms with Crippen LogP contribution in [0.2, 0.25) is 0 Å². The monoisotopic (exact) mass is 384 g/mol. The third-order valence-corrected chi connectivity index (χ3v) is 5.34. The Balaban J connectivity index is 1.85. The highest BCUT2D eigenvalue weighted by Crippen LogP contribution is 2.24. The maximum atomic E-state index is 13.2. The predicted octanol–water partition coefficient (Wildman–Crippen LogP) is 4.07. The number of hydrogen-bond donors (Lipinski definition) is 0. The van der Waals surface area contributed by atoms with Crippen LogP contribution in [-0.4, -0.2) is 49.3 Å². The van der Waals surface area contributed by atoms with Gasteiger partial charge in [-0.3, -0.25) is 9.69 Å². The number of benzene rings is 2. The molecule has 0 bridgehead atoms. The van der Waals surface area contributed by atoms with Gasteiger partial charge < -0.3 is 9.64 Å². The van der Waals surface area contributed by atoms with Crippen molar-refractivity contribution < 1.29 is 14.3 Å². The van der Waals surface area contributed by atoms with Crippen molar-refractivity contribution in [3.05, 3.63) is 59.7 Å². The average Bonchev–Trinajstić information content (AvgIpc) is 2.72. The Morgan fingerprint density at radius 2 is 1.67 bits per heavy atom. The van der Waals surface area contributed by atoms with E-state index in [0.717, 1.165) is 16.1 Å². The molecule has 142 valence electrons. The number of carbonyl (C=O) groups excluding carboxylic acids is 2. The molecule has 1 aliphatic rings. The summed E-state index contributed by atoms with van der Waals surface area (Å²) < 4.78 is 5.37. The number of rotatable bonds is 5. The smallest absolute Gasteiger partial charge is 0.324 e. The molecular weight excluding hydrogens is 360 g/mol. The van der Waals surface area contributed by atoms with E-state index in [0.29, 0.717) is 38.4 Å². The van der Waals surface area contributed by atoms with Crippen molar-refractivity contribution in [2.45, 2.75) is 18.4 Å². The number of anilines is 1. The van der Waals surface area contributed by atoms with Crippen LogP contribution in [0.15, 0.2) is 53.4 Å². The highest BCUT2D eigenvalue weighted by molar-refractivity contribution is 7.98. The Kier molecular flexibility index (Phi) is 6.53. The summed E-state index contributed by atoms with van der Waals surface area (Å²) in [6, 6.07) is 15.4. The Hall–Kier alpha value is -2.31. The number of nitrogens with zero attached hydrogens (tertiary/aromatic N) is 2. The molecule has 0 aromatic heterocycles. The number of urea groups is 1. The minimum Gasteiger partial charge on any atom is -0.378 e. The van der Waals surface area contributed by atoms with Gasteiger partial charge in [-0.1, -0.05) is 24.3 Å². The molecule has 5 nitrogen and oxygen atoms in total. The van der Waals surface area contributed by atoms with Crippen LogP contribution >= 0.6 is 11.8 Å². The molecule has 0 spiro atoms. The van der Waals surface area contributed by atoms with E-state index in [1.807, 2.05) is 59.7 Å². The van der Waals surface area contributed by atoms with E-state index in [4.69, 9.17) is 4.74 Å². The first-order valence-corrected chi connectivity index (χ1v) is 10.2. The molecule has 0 atom stereocenters. The van der Waals surface area contributed by atoms with E-state index in [2.05, 4.69) is 0 Å². The van der Waals surface area contributed by atoms with Gasteiger partial charge in [0.2, 0.25) is 0 Å². The topological polar surface area (TPSA) is 49.9 Å². The molecule has 0 unspecified atom stereocenters. The number of carbonyl (C=O) groups is 2. The first-order valence-electron chi connectivity index (χ1n) is 8.96. The first kappa shape index (κ1) is 19.5. The zero-order chi connectivity index (χ0) is 19.2. The molecule has 0 aliphatic carbocycles. The summed E-state index contributed by atoms with van der Waals surface area (Å²) in [5.41, 5.74) is 2.52. The molecule has 3 rings (SSSR count). The largest absolute Gasteiger partial charge is 0.378 e. The summed E-state index contributed by atoms with van der Waals surface area (Å²) in [5, 5.41) is 0. The first-order chi connectivity index (χ1) is 13.1. The molecule has 6 heteroatoms. The fraction of sp³-hybridized carbons (Fsp3) is 0.333. The van der Waals surface area contributed by atoms with E-state index in [1.54, 1.807) is 23.6 Å². The molecule has 1 saturated heterocycles. The molecular formula is C21H24N2O3S. The zero-order valence-electron chi connectivity index (χ0n) is 15.7. The van der Waals surface area contributed by atoms with E-state index >= 15 is 0 Å². The molecule has 0 radical (unpaired) electrons. The predicted molar refractivity (Wildman–Crippen MR) is 109 cm³/mol. The van der Waals surface area contributed by atoms with Crippen LogP contribution in [0, 0.1) is 0 Å². The molecule has 1 fully saturated rings. The van der Waals surface area contributed by atoms with Crippen molar-refractivity contribution in [1.29, 1.82) is 0 Å². The van der Waals surface area contributed by atoms with Crippen LogP contribution in [0.1, 0.15) is 22.8 Å². The fourth-order valence-corrected chi connectivity index (χ4v) is 3.39. The van der Waals surface area contributed by atoms with Gasteiger partial charge in [0.15, 0.2) is 5.78 Å². The van der Waals surface area contributed by atoms with E-state index < -0.39 is 0 Å². The van der Waals surface area contributed by atoms with Crippen molar-refractivity contribution in [2.75, 3.05) is 37.5 Å². The minimum absolute atomic E-state index is 0.0224. The van der Waals surface area contributed by atoms with Crippen molar-refractivity contribution in [3.63, 3.8) is 0 Å². The molecule has 2 aromatic rings. The minimum atomic E-state index is -0.0224. The van der Waals surface area contributed by atoms with Crippen LogP contribution in [0.4, 0.5) is 10.5 Å². The summed E-state index contributed by atoms with van der Waals surface area (Å²) in [5.74, 6) is 0.0375. The summed E-state index contributed by atoms with van der Waals surface area (Å²) in [6.45, 7) is 4.34. The maximum absolute atomic E-state index is 13.2. The molecule has 2 amide bonds. The second-order valence-electron chi connectivity index (χ2n) is 6.42. The zero-order valence-corrected chi connectivity index (χ0v) is 16.5. The van der Waals surface area contributed by atoms with Gasteiger partial charge in [0, 0.05) is 29.2 Å². The van der Waals surface area contributed by atoms with Crippen LogP contribution in [0.25, 0.3) is 0 Å². The number of ketones is 1. The van der Waals surface area contributed by atoms with Crippen molar-refractivity contribution in [1.82, 2.24) is 4.90 Å². The highest BCUT2D eigenvalue weighted by Gasteiger charge is 2.24. The van der Waals surface area contributed by atoms with Gasteiger partial charge in [-0.25, -0.2) is 4.79 Å². The molecule has 2 aromatic carbocycles. The number of morpholine rings is 1. The Labute approximate surface area is 164 Å². The normalized spacial score (nSPS) is 14.1. The van der Waals surface area contributed by atoms with Crippen LogP contribution in [0.3, 0.4) is 0 Å². The lowest BCUT2D eigenvalue weighted by atomic mass is 10.1. The number of thioether (sulfide) groups is 1. The maximum Gasteiger partial charge on any atom is 0.324 e. The number of hydrogen-bond acceptors (Lipinski definition) is 4. The van der Waals surface area contributed by atoms with Gasteiger partial charge in [0.1, 0.15) is 0 Å². The Morgan fingerprint density at radius 1 is 1.04 bits per heavy atom. The van der Waals surface area contributed by atoms with Crippen molar-refractivity contribution >= 4 is 29.3 Å². The number of Topliss-reactive ketones (excluding diaryl/α,β-unsaturated/α-hetero) is 1. The van der Waals surface area contributed by atoms with E-state index in [1.165, 1.54) is 0 Å². The van der Waals surface area contributed by atoms with Gasteiger partial charge in [-0.2, -0.15) is 0 Å². The lowest BCUT2D eigenvalue weighted by molar-refractivity contribution is 0.0548. The molecule has 0 saturated carbocycles. The summed E-state index contributed by atoms with van der Waals surface area (Å²) >= 11 is 1.67. The van der Waals surface area contributed by atoms with Crippen molar-refractivity contribution in [3.8, 4) is 0 Å². The Morgan fingerprint density at radius 3 is 2.22 bits per heavy atom. The lowest BCUT2D eigenvalue weighted by Crippen LogP contribution is -2.48. The standard InChI is InChI=1S/C21H24N2O3S/c1-16(24)18-5-3-17(4-6-18)15-23(19-7-9-20(27-2)10-8-19)21(25)22-11-13-26-14-12-22/h3-10H,11-15H2,1-2H3. The third-order valence-electron chi connectivity index (χ3n) is 4.60. The number of ether oxygens (including phenoxy) is 1. The number of amides is 2. The fourth-order valence-electron chi connectivity index (χ4n) is 2.98. The molecule has 27 heavy (non-hydrogen) atoms.